The van der Waals surface area contributed by atoms with Crippen LogP contribution >= 0.6 is 0 Å². The fourth-order valence-corrected chi connectivity index (χ4v) is 4.06. The van der Waals surface area contributed by atoms with E-state index in [0.717, 1.165) is 16.9 Å². The fourth-order valence-electron chi connectivity index (χ4n) is 3.30. The molecule has 0 bridgehead atoms. The number of methoxy groups -OCH3 is 2. The topological polar surface area (TPSA) is 86.4 Å². The number of pyridine rings is 1. The van der Waals surface area contributed by atoms with Crippen molar-refractivity contribution in [2.75, 3.05) is 20.8 Å². The van der Waals surface area contributed by atoms with Gasteiger partial charge in [0.2, 0.25) is 5.88 Å². The summed E-state index contributed by atoms with van der Waals surface area (Å²) >= 11 is 0. The molecule has 0 atom stereocenters. The van der Waals surface area contributed by atoms with Gasteiger partial charge in [-0.1, -0.05) is 19.6 Å². The van der Waals surface area contributed by atoms with E-state index < -0.39 is 14.0 Å². The Morgan fingerprint density at radius 1 is 1.23 bits per heavy atom. The molecule has 0 aliphatic carbocycles. The van der Waals surface area contributed by atoms with Crippen LogP contribution in [0.5, 0.6) is 5.88 Å². The van der Waals surface area contributed by atoms with E-state index in [2.05, 4.69) is 30.7 Å². The summed E-state index contributed by atoms with van der Waals surface area (Å²) in [5.41, 5.74) is 2.85. The van der Waals surface area contributed by atoms with Crippen LogP contribution in [0.4, 0.5) is 0 Å². The third-order valence-corrected chi connectivity index (χ3v) is 6.75. The Labute approximate surface area is 183 Å². The van der Waals surface area contributed by atoms with Gasteiger partial charge in [-0.15, -0.1) is 0 Å². The molecule has 0 amide bonds. The summed E-state index contributed by atoms with van der Waals surface area (Å²) in [6, 6.07) is 10.1. The van der Waals surface area contributed by atoms with Crippen molar-refractivity contribution in [3.63, 3.8) is 0 Å². The van der Waals surface area contributed by atoms with Crippen LogP contribution in [0.25, 0.3) is 22.0 Å². The van der Waals surface area contributed by atoms with Gasteiger partial charge in [0.05, 0.1) is 48.7 Å². The Morgan fingerprint density at radius 2 is 2.00 bits per heavy atom. The molecule has 0 aliphatic heterocycles. The quantitative estimate of drug-likeness (QED) is 0.289. The Morgan fingerprint density at radius 3 is 2.65 bits per heavy atom. The van der Waals surface area contributed by atoms with Crippen molar-refractivity contribution in [3.8, 4) is 23.1 Å². The molecule has 1 aromatic carbocycles. The zero-order valence-corrected chi connectivity index (χ0v) is 19.6. The average molecular weight is 438 g/mol. The van der Waals surface area contributed by atoms with Gasteiger partial charge >= 0.3 is 5.97 Å². The second kappa shape index (κ2) is 9.33. The molecule has 0 radical (unpaired) electrons. The standard InChI is InChI=1S/C23H27N3O4Si/c1-28-22-21(19-12-16(23(27)29-2)6-7-17(19)13-24)18-8-9-26(20(18)14-25-22)15-30-10-11-31(3,4)5/h6-9,12,14H,10-11,15H2,1-5H3. The van der Waals surface area contributed by atoms with E-state index >= 15 is 0 Å². The minimum atomic E-state index is -1.16. The minimum Gasteiger partial charge on any atom is -0.481 e. The zero-order chi connectivity index (χ0) is 22.6. The number of ether oxygens (including phenoxy) is 3. The van der Waals surface area contributed by atoms with Crippen LogP contribution in [-0.2, 0) is 16.2 Å². The molecule has 0 saturated carbocycles. The van der Waals surface area contributed by atoms with Crippen LogP contribution in [0.15, 0.2) is 36.7 Å². The Balaban J connectivity index is 2.06. The van der Waals surface area contributed by atoms with Crippen LogP contribution in [0, 0.1) is 11.3 Å². The molecule has 7 nitrogen and oxygen atoms in total. The Bertz CT molecular complexity index is 1140. The van der Waals surface area contributed by atoms with Crippen LogP contribution in [0.3, 0.4) is 0 Å². The van der Waals surface area contributed by atoms with E-state index in [1.807, 2.05) is 16.8 Å². The maximum Gasteiger partial charge on any atom is 0.337 e. The maximum atomic E-state index is 12.1. The highest BCUT2D eigenvalue weighted by Crippen LogP contribution is 2.38. The van der Waals surface area contributed by atoms with Gasteiger partial charge in [0.15, 0.2) is 0 Å². The summed E-state index contributed by atoms with van der Waals surface area (Å²) in [4.78, 5) is 16.5. The fraction of sp³-hybridized carbons (Fsp3) is 0.348. The van der Waals surface area contributed by atoms with E-state index in [1.165, 1.54) is 14.2 Å². The van der Waals surface area contributed by atoms with Gasteiger partial charge in [0.1, 0.15) is 6.73 Å². The summed E-state index contributed by atoms with van der Waals surface area (Å²) in [5.74, 6) is -0.0957. The molecule has 0 fully saturated rings. The molecule has 0 aliphatic rings. The molecule has 162 valence electrons. The first kappa shape index (κ1) is 22.5. The number of hydrogen-bond donors (Lipinski definition) is 0. The molecule has 2 aromatic heterocycles. The van der Waals surface area contributed by atoms with Crippen molar-refractivity contribution in [3.05, 3.63) is 47.8 Å². The summed E-state index contributed by atoms with van der Waals surface area (Å²) in [7, 11) is 1.70. The van der Waals surface area contributed by atoms with Crippen molar-refractivity contribution in [1.82, 2.24) is 9.55 Å². The van der Waals surface area contributed by atoms with Crippen LogP contribution in [0.1, 0.15) is 15.9 Å². The number of hydrogen-bond acceptors (Lipinski definition) is 6. The van der Waals surface area contributed by atoms with Crippen LogP contribution < -0.4 is 4.74 Å². The van der Waals surface area contributed by atoms with E-state index in [4.69, 9.17) is 14.2 Å². The second-order valence-electron chi connectivity index (χ2n) is 8.44. The molecule has 0 saturated heterocycles. The highest BCUT2D eigenvalue weighted by molar-refractivity contribution is 6.76. The maximum absolute atomic E-state index is 12.1. The van der Waals surface area contributed by atoms with Gasteiger partial charge < -0.3 is 18.8 Å². The molecule has 2 heterocycles. The van der Waals surface area contributed by atoms with Gasteiger partial charge in [0.25, 0.3) is 0 Å². The summed E-state index contributed by atoms with van der Waals surface area (Å²) in [5, 5.41) is 10.5. The number of benzene rings is 1. The van der Waals surface area contributed by atoms with Crippen molar-refractivity contribution in [2.45, 2.75) is 32.4 Å². The van der Waals surface area contributed by atoms with Crippen LogP contribution in [-0.4, -0.2) is 44.4 Å². The lowest BCUT2D eigenvalue weighted by Gasteiger charge is -2.16. The van der Waals surface area contributed by atoms with Crippen molar-refractivity contribution in [1.29, 1.82) is 5.26 Å². The van der Waals surface area contributed by atoms with Crippen molar-refractivity contribution < 1.29 is 19.0 Å². The molecular formula is C23H27N3O4Si. The third kappa shape index (κ3) is 4.95. The van der Waals surface area contributed by atoms with E-state index in [0.29, 0.717) is 41.5 Å². The lowest BCUT2D eigenvalue weighted by molar-refractivity contribution is 0.0600. The number of aromatic nitrogens is 2. The number of nitrogens with zero attached hydrogens (tertiary/aromatic N) is 3. The van der Waals surface area contributed by atoms with Gasteiger partial charge in [-0.05, 0) is 30.3 Å². The average Bonchev–Trinajstić information content (AvgIpc) is 3.17. The summed E-state index contributed by atoms with van der Waals surface area (Å²) in [6.45, 7) is 8.08. The third-order valence-electron chi connectivity index (χ3n) is 5.04. The molecule has 0 spiro atoms. The predicted molar refractivity (Wildman–Crippen MR) is 122 cm³/mol. The first-order chi connectivity index (χ1) is 14.8. The summed E-state index contributed by atoms with van der Waals surface area (Å²) in [6.07, 6.45) is 3.66. The molecule has 0 N–H and O–H groups in total. The van der Waals surface area contributed by atoms with E-state index in [-0.39, 0.29) is 0 Å². The first-order valence-electron chi connectivity index (χ1n) is 10.0. The lowest BCUT2D eigenvalue weighted by atomic mass is 9.96. The van der Waals surface area contributed by atoms with E-state index in [1.54, 1.807) is 24.4 Å². The highest BCUT2D eigenvalue weighted by atomic mass is 28.3. The van der Waals surface area contributed by atoms with Crippen molar-refractivity contribution in [2.24, 2.45) is 0 Å². The molecule has 8 heteroatoms. The smallest absolute Gasteiger partial charge is 0.337 e. The molecule has 3 rings (SSSR count). The zero-order valence-electron chi connectivity index (χ0n) is 18.6. The second-order valence-corrected chi connectivity index (χ2v) is 14.1. The van der Waals surface area contributed by atoms with Gasteiger partial charge in [-0.3, -0.25) is 0 Å². The van der Waals surface area contributed by atoms with Crippen molar-refractivity contribution >= 4 is 24.9 Å². The predicted octanol–water partition coefficient (Wildman–Crippen LogP) is 4.68. The number of fused-ring (bicyclic) bond motifs is 1. The van der Waals surface area contributed by atoms with Gasteiger partial charge in [-0.2, -0.15) is 5.26 Å². The Kier molecular flexibility index (Phi) is 6.78. The monoisotopic (exact) mass is 437 g/mol. The largest absolute Gasteiger partial charge is 0.481 e. The number of carbonyl (C=O) groups is 1. The van der Waals surface area contributed by atoms with Gasteiger partial charge in [0, 0.05) is 31.8 Å². The minimum absolute atomic E-state index is 0.352. The molecule has 0 unspecified atom stereocenters. The number of nitriles is 1. The van der Waals surface area contributed by atoms with Crippen LogP contribution in [0.2, 0.25) is 25.7 Å². The highest BCUT2D eigenvalue weighted by Gasteiger charge is 2.20. The lowest BCUT2D eigenvalue weighted by Crippen LogP contribution is -2.21. The number of esters is 1. The normalized spacial score (nSPS) is 11.4. The van der Waals surface area contributed by atoms with E-state index in [9.17, 15) is 10.1 Å². The number of rotatable bonds is 8. The molecular weight excluding hydrogens is 410 g/mol. The summed E-state index contributed by atoms with van der Waals surface area (Å²) < 4.78 is 18.2. The number of carbonyl (C=O) groups excluding carboxylic acids is 1. The molecule has 31 heavy (non-hydrogen) atoms. The van der Waals surface area contributed by atoms with Gasteiger partial charge in [-0.25, -0.2) is 9.78 Å². The molecule has 3 aromatic rings. The Hall–Kier alpha value is -3.15. The SMILES string of the molecule is COC(=O)c1ccc(C#N)c(-c2c(OC)ncc3c2ccn3COCC[Si](C)(C)C)c1. The first-order valence-corrected chi connectivity index (χ1v) is 13.7.